The van der Waals surface area contributed by atoms with Crippen molar-refractivity contribution < 1.29 is 22.5 Å². The second kappa shape index (κ2) is 5.28. The number of nitrogens with zero attached hydrogens (tertiary/aromatic N) is 1. The molecule has 0 bridgehead atoms. The Hall–Kier alpha value is -1.66. The van der Waals surface area contributed by atoms with E-state index in [-0.39, 0.29) is 6.54 Å². The predicted molar refractivity (Wildman–Crippen MR) is 75.5 cm³/mol. The van der Waals surface area contributed by atoms with Crippen molar-refractivity contribution in [3.05, 3.63) is 29.3 Å². The Labute approximate surface area is 122 Å². The lowest BCUT2D eigenvalue weighted by Gasteiger charge is -2.32. The topological polar surface area (TPSA) is 29.5 Å². The number of fused-ring (bicyclic) bond motifs is 1. The minimum Gasteiger partial charge on any atom is -0.445 e. The van der Waals surface area contributed by atoms with Crippen LogP contribution in [0.3, 0.4) is 0 Å². The molecule has 1 aliphatic rings. The van der Waals surface area contributed by atoms with Crippen molar-refractivity contribution in [2.45, 2.75) is 39.3 Å². The molecule has 0 radical (unpaired) electrons. The van der Waals surface area contributed by atoms with Gasteiger partial charge < -0.3 is 22.6 Å². The molecule has 1 aromatic rings. The van der Waals surface area contributed by atoms with E-state index in [1.807, 2.05) is 0 Å². The van der Waals surface area contributed by atoms with Gasteiger partial charge >= 0.3 is 13.1 Å². The molecule has 21 heavy (non-hydrogen) atoms. The van der Waals surface area contributed by atoms with Crippen molar-refractivity contribution in [3.8, 4) is 0 Å². The maximum Gasteiger partial charge on any atom is 0.509 e. The van der Waals surface area contributed by atoms with E-state index in [1.54, 1.807) is 20.8 Å². The molecule has 3 nitrogen and oxygen atoms in total. The molecule has 1 heterocycles. The molecule has 1 amide bonds. The van der Waals surface area contributed by atoms with E-state index < -0.39 is 24.1 Å². The van der Waals surface area contributed by atoms with Crippen LogP contribution in [0, 0.1) is 0 Å². The molecule has 0 unspecified atom stereocenters. The molecular formula is C14H18BF3NO2-. The van der Waals surface area contributed by atoms with Crippen LogP contribution in [0.1, 0.15) is 31.9 Å². The summed E-state index contributed by atoms with van der Waals surface area (Å²) in [6.07, 6.45) is -0.0218. The number of hydrogen-bond donors (Lipinski definition) is 0. The van der Waals surface area contributed by atoms with Gasteiger partial charge in [-0.25, -0.2) is 4.79 Å². The number of carbonyl (C=O) groups is 1. The molecule has 1 aliphatic heterocycles. The highest BCUT2D eigenvalue weighted by atomic mass is 19.4. The molecule has 1 aromatic carbocycles. The van der Waals surface area contributed by atoms with Crippen molar-refractivity contribution in [2.24, 2.45) is 0 Å². The summed E-state index contributed by atoms with van der Waals surface area (Å²) in [5.41, 5.74) is 0.238. The summed E-state index contributed by atoms with van der Waals surface area (Å²) in [4.78, 5) is 13.5. The third-order valence-corrected chi connectivity index (χ3v) is 3.27. The smallest absolute Gasteiger partial charge is 0.445 e. The number of amides is 1. The van der Waals surface area contributed by atoms with Crippen LogP contribution in [0.25, 0.3) is 0 Å². The van der Waals surface area contributed by atoms with Crippen LogP contribution < -0.4 is 5.46 Å². The highest BCUT2D eigenvalue weighted by Gasteiger charge is 2.29. The maximum atomic E-state index is 12.7. The number of ether oxygens (including phenoxy) is 1. The third kappa shape index (κ3) is 3.92. The van der Waals surface area contributed by atoms with Crippen LogP contribution in [-0.2, 0) is 17.7 Å². The summed E-state index contributed by atoms with van der Waals surface area (Å²) in [5, 5.41) is 0. The first-order valence-electron chi connectivity index (χ1n) is 6.86. The monoisotopic (exact) mass is 300 g/mol. The number of hydrogen-bond acceptors (Lipinski definition) is 2. The number of carbonyl (C=O) groups excluding carboxylic acids is 1. The minimum absolute atomic E-state index is 0.287. The predicted octanol–water partition coefficient (Wildman–Crippen LogP) is 3.03. The number of rotatable bonds is 1. The van der Waals surface area contributed by atoms with Gasteiger partial charge in [-0.15, -0.1) is 5.46 Å². The summed E-state index contributed by atoms with van der Waals surface area (Å²) in [7, 11) is 0. The Morgan fingerprint density at radius 1 is 1.24 bits per heavy atom. The highest BCUT2D eigenvalue weighted by molar-refractivity contribution is 6.73. The van der Waals surface area contributed by atoms with Crippen LogP contribution in [-0.4, -0.2) is 30.1 Å². The van der Waals surface area contributed by atoms with Gasteiger partial charge in [-0.05, 0) is 38.3 Å². The van der Waals surface area contributed by atoms with Gasteiger partial charge in [-0.3, -0.25) is 0 Å². The van der Waals surface area contributed by atoms with Crippen molar-refractivity contribution in [2.75, 3.05) is 6.54 Å². The fraction of sp³-hybridized carbons (Fsp3) is 0.500. The lowest BCUT2D eigenvalue weighted by molar-refractivity contribution is 0.0224. The third-order valence-electron chi connectivity index (χ3n) is 3.27. The Kier molecular flexibility index (Phi) is 3.95. The first kappa shape index (κ1) is 15.7. The van der Waals surface area contributed by atoms with Gasteiger partial charge in [-0.2, -0.15) is 0 Å². The zero-order valence-electron chi connectivity index (χ0n) is 12.3. The fourth-order valence-corrected chi connectivity index (χ4v) is 2.26. The molecule has 0 saturated heterocycles. The van der Waals surface area contributed by atoms with Crippen molar-refractivity contribution >= 4 is 18.5 Å². The quantitative estimate of drug-likeness (QED) is 0.746. The van der Waals surface area contributed by atoms with Gasteiger partial charge in [0.05, 0.1) is 0 Å². The molecule has 0 fully saturated rings. The Morgan fingerprint density at radius 3 is 2.48 bits per heavy atom. The second-order valence-electron chi connectivity index (χ2n) is 6.25. The molecule has 0 aromatic heterocycles. The van der Waals surface area contributed by atoms with Crippen LogP contribution >= 0.6 is 0 Å². The average Bonchev–Trinajstić information content (AvgIpc) is 2.34. The molecule has 0 N–H and O–H groups in total. The molecule has 0 aliphatic carbocycles. The van der Waals surface area contributed by atoms with E-state index in [9.17, 15) is 17.7 Å². The lowest BCUT2D eigenvalue weighted by atomic mass is 9.78. The van der Waals surface area contributed by atoms with Gasteiger partial charge in [0.1, 0.15) is 5.60 Å². The largest absolute Gasteiger partial charge is 0.509 e. The van der Waals surface area contributed by atoms with Gasteiger partial charge in [0, 0.05) is 13.1 Å². The van der Waals surface area contributed by atoms with E-state index in [1.165, 1.54) is 17.0 Å². The van der Waals surface area contributed by atoms with Crippen molar-refractivity contribution in [1.82, 2.24) is 4.90 Å². The molecular weight excluding hydrogens is 282 g/mol. The molecule has 2 rings (SSSR count). The van der Waals surface area contributed by atoms with E-state index in [2.05, 4.69) is 0 Å². The van der Waals surface area contributed by atoms with Crippen molar-refractivity contribution in [3.63, 3.8) is 0 Å². The Morgan fingerprint density at radius 2 is 1.90 bits per heavy atom. The van der Waals surface area contributed by atoms with Gasteiger partial charge in [-0.1, -0.05) is 18.2 Å². The lowest BCUT2D eigenvalue weighted by Crippen LogP contribution is -2.41. The average molecular weight is 300 g/mol. The van der Waals surface area contributed by atoms with E-state index in [0.29, 0.717) is 18.5 Å². The molecule has 0 saturated carbocycles. The van der Waals surface area contributed by atoms with Crippen molar-refractivity contribution in [1.29, 1.82) is 0 Å². The summed E-state index contributed by atoms with van der Waals surface area (Å²) in [5.74, 6) is 0. The molecule has 0 atom stereocenters. The molecule has 0 spiro atoms. The molecule has 116 valence electrons. The Balaban J connectivity index is 2.13. The summed E-state index contributed by atoms with van der Waals surface area (Å²) in [6, 6.07) is 3.73. The summed E-state index contributed by atoms with van der Waals surface area (Å²) in [6.45, 7) is 1.01. The zero-order chi connectivity index (χ0) is 15.8. The molecule has 7 heteroatoms. The maximum absolute atomic E-state index is 12.7. The van der Waals surface area contributed by atoms with E-state index in [0.717, 1.165) is 11.6 Å². The second-order valence-corrected chi connectivity index (χ2v) is 6.25. The van der Waals surface area contributed by atoms with Gasteiger partial charge in [0.2, 0.25) is 0 Å². The number of benzene rings is 1. The van der Waals surface area contributed by atoms with Gasteiger partial charge in [0.15, 0.2) is 0 Å². The van der Waals surface area contributed by atoms with Crippen LogP contribution in [0.2, 0.25) is 0 Å². The highest BCUT2D eigenvalue weighted by Crippen LogP contribution is 2.22. The van der Waals surface area contributed by atoms with Crippen LogP contribution in [0.5, 0.6) is 0 Å². The van der Waals surface area contributed by atoms with Crippen LogP contribution in [0.15, 0.2) is 18.2 Å². The number of halogens is 3. The first-order chi connectivity index (χ1) is 9.56. The standard InChI is InChI=1S/C14H18BF3NO2/c1-14(2,3)21-13(20)19-7-6-10-8-12(15(16,17)18)5-4-11(10)9-19/h4-5,8H,6-7,9H2,1-3H3/q-1. The first-order valence-corrected chi connectivity index (χ1v) is 6.86. The Bertz CT molecular complexity index is 552. The SMILES string of the molecule is CC(C)(C)OC(=O)N1CCc2cc([B-](F)(F)F)ccc2C1. The van der Waals surface area contributed by atoms with E-state index >= 15 is 0 Å². The van der Waals surface area contributed by atoms with E-state index in [4.69, 9.17) is 4.74 Å². The zero-order valence-corrected chi connectivity index (χ0v) is 12.3. The normalized spacial score (nSPS) is 15.6. The minimum atomic E-state index is -4.98. The summed E-state index contributed by atoms with van der Waals surface area (Å²) >= 11 is 0. The van der Waals surface area contributed by atoms with Crippen LogP contribution in [0.4, 0.5) is 17.7 Å². The summed E-state index contributed by atoms with van der Waals surface area (Å²) < 4.78 is 43.5. The fourth-order valence-electron chi connectivity index (χ4n) is 2.26. The van der Waals surface area contributed by atoms with Gasteiger partial charge in [0.25, 0.3) is 0 Å².